The lowest BCUT2D eigenvalue weighted by atomic mass is 10.1. The van der Waals surface area contributed by atoms with Crippen LogP contribution in [0.2, 0.25) is 0 Å². The van der Waals surface area contributed by atoms with Crippen molar-refractivity contribution in [1.29, 1.82) is 0 Å². The van der Waals surface area contributed by atoms with Crippen LogP contribution < -0.4 is 0 Å². The highest BCUT2D eigenvalue weighted by Gasteiger charge is 2.49. The number of benzene rings is 6. The number of ketones is 1. The predicted molar refractivity (Wildman–Crippen MR) is 318 cm³/mol. The summed E-state index contributed by atoms with van der Waals surface area (Å²) in [6, 6.07) is 16.7. The zero-order chi connectivity index (χ0) is 59.5. The Morgan fingerprint density at radius 3 is 1.51 bits per heavy atom. The Hall–Kier alpha value is -1.71. The van der Waals surface area contributed by atoms with Crippen molar-refractivity contribution in [1.82, 2.24) is 0 Å². The molecule has 1 aliphatic heterocycles. The van der Waals surface area contributed by atoms with E-state index in [1.165, 1.54) is 71.7 Å². The molecule has 2 atom stereocenters. The van der Waals surface area contributed by atoms with Crippen LogP contribution in [0.1, 0.15) is 102 Å². The van der Waals surface area contributed by atoms with Crippen molar-refractivity contribution in [2.75, 3.05) is 11.5 Å². The van der Waals surface area contributed by atoms with E-state index in [-0.39, 0.29) is 91.7 Å². The van der Waals surface area contributed by atoms with Gasteiger partial charge in [-0.05, 0) is 145 Å². The van der Waals surface area contributed by atoms with Gasteiger partial charge in [0.15, 0.2) is 5.78 Å². The van der Waals surface area contributed by atoms with Gasteiger partial charge >= 0.3 is 0 Å². The van der Waals surface area contributed by atoms with Crippen molar-refractivity contribution < 1.29 is 66.3 Å². The van der Waals surface area contributed by atoms with E-state index in [0.29, 0.717) is 52.4 Å². The zero-order valence-corrected chi connectivity index (χ0v) is 55.2. The summed E-state index contributed by atoms with van der Waals surface area (Å²) < 4.78 is 189. The molecule has 0 saturated carbocycles. The summed E-state index contributed by atoms with van der Waals surface area (Å²) in [6.45, 7) is 0. The second kappa shape index (κ2) is 25.6. The number of fused-ring (bicyclic) bond motifs is 7. The smallest absolute Gasteiger partial charge is 0.292 e. The van der Waals surface area contributed by atoms with Crippen LogP contribution >= 0.6 is 151 Å². The molecule has 432 valence electrons. The maximum atomic E-state index is 13.7. The van der Waals surface area contributed by atoms with Crippen molar-refractivity contribution in [3.05, 3.63) is 207 Å². The normalized spacial score (nSPS) is 20.3. The van der Waals surface area contributed by atoms with Gasteiger partial charge in [-0.3, -0.25) is 4.79 Å². The van der Waals surface area contributed by atoms with Crippen molar-refractivity contribution in [2.24, 2.45) is 0 Å². The molecule has 0 aromatic heterocycles. The minimum Gasteiger partial charge on any atom is -0.294 e. The number of hydrogen-bond acceptors (Lipinski definition) is 3. The molecule has 0 bridgehead atoms. The Morgan fingerprint density at radius 1 is 0.457 bits per heavy atom. The van der Waals surface area contributed by atoms with Gasteiger partial charge in [-0.2, -0.15) is 8.78 Å². The minimum atomic E-state index is -3.04. The molecule has 6 aromatic carbocycles. The molecule has 2 unspecified atom stereocenters. The summed E-state index contributed by atoms with van der Waals surface area (Å²) in [5.41, 5.74) is 2.74. The van der Waals surface area contributed by atoms with Crippen LogP contribution in [-0.2, 0) is 53.5 Å². The van der Waals surface area contributed by atoms with Crippen LogP contribution in [0.3, 0.4) is 0 Å². The molecule has 1 fully saturated rings. The second-order valence-electron chi connectivity index (χ2n) is 19.1. The molecule has 0 amide bonds. The average Bonchev–Trinajstić information content (AvgIpc) is 3.74. The highest BCUT2D eigenvalue weighted by atomic mass is 79.9. The number of carbonyl (C=O) groups is 1. The number of hydrogen-bond donors (Lipinski definition) is 0. The van der Waals surface area contributed by atoms with Gasteiger partial charge < -0.3 is 0 Å². The molecule has 25 heteroatoms. The summed E-state index contributed by atoms with van der Waals surface area (Å²) in [5, 5.41) is 0. The van der Waals surface area contributed by atoms with E-state index < -0.39 is 56.6 Å². The summed E-state index contributed by atoms with van der Waals surface area (Å²) >= 11 is 28.4. The molecule has 1 heterocycles. The first-order chi connectivity index (χ1) is 37.7. The molecule has 81 heavy (non-hydrogen) atoms. The Morgan fingerprint density at radius 2 is 0.914 bits per heavy atom. The lowest BCUT2D eigenvalue weighted by Crippen LogP contribution is -2.20. The molecule has 13 rings (SSSR count). The highest BCUT2D eigenvalue weighted by molar-refractivity contribution is 9.11. The molecular weight excluding hydrogens is 1660 g/mol. The van der Waals surface area contributed by atoms with Gasteiger partial charge in [-0.15, -0.1) is 23.5 Å². The van der Waals surface area contributed by atoms with Crippen LogP contribution in [0.5, 0.6) is 0 Å². The topological polar surface area (TPSA) is 17.1 Å². The molecule has 1 nitrogen and oxygen atoms in total. The number of Topliss-reactive ketones (excluding diaryl/α,β-unsaturated/α-hetero) is 1. The van der Waals surface area contributed by atoms with Crippen LogP contribution in [-0.4, -0.2) is 22.1 Å². The van der Waals surface area contributed by atoms with Crippen LogP contribution in [0.4, 0.5) is 61.5 Å². The Bertz CT molecular complexity index is 3480. The van der Waals surface area contributed by atoms with Crippen molar-refractivity contribution in [2.45, 2.75) is 88.8 Å². The summed E-state index contributed by atoms with van der Waals surface area (Å²) in [4.78, 5) is 9.58. The SMILES string of the molecule is Fc1cc(Br)cc2c1C(Br)CC2(F)F.Fc1cc(Br)cc2c1C=CC2(F)F.Fc1cc(Br)cc2c1CC(Br)C2(F)F.Fc1cc(Br)cc2c1CCC2(F)F.Fc1cc(Br)cc2c1CCC21SCCS1.O=C1CCc2c(F)cc(Br)cc21. The lowest BCUT2D eigenvalue weighted by Gasteiger charge is -2.22. The lowest BCUT2D eigenvalue weighted by molar-refractivity contribution is -0.00259. The van der Waals surface area contributed by atoms with Gasteiger partial charge in [-0.25, -0.2) is 52.7 Å². The van der Waals surface area contributed by atoms with E-state index in [9.17, 15) is 66.3 Å². The molecule has 7 aliphatic rings. The maximum absolute atomic E-state index is 13.7. The molecule has 0 N–H and O–H groups in total. The Kier molecular flexibility index (Phi) is 20.6. The van der Waals surface area contributed by atoms with E-state index in [4.69, 9.17) is 0 Å². The van der Waals surface area contributed by atoms with Gasteiger partial charge in [0.25, 0.3) is 23.7 Å². The van der Waals surface area contributed by atoms with E-state index in [2.05, 4.69) is 134 Å². The fraction of sp³-hybridized carbons (Fsp3) is 0.304. The number of thioether (sulfide) groups is 2. The Balaban J connectivity index is 0.000000128. The monoisotopic (exact) mass is 1690 g/mol. The van der Waals surface area contributed by atoms with Crippen molar-refractivity contribution in [3.8, 4) is 0 Å². The molecular formula is C56H36Br8F14OS2. The zero-order valence-electron chi connectivity index (χ0n) is 40.8. The van der Waals surface area contributed by atoms with Crippen LogP contribution in [0.25, 0.3) is 6.08 Å². The van der Waals surface area contributed by atoms with Gasteiger partial charge in [0.2, 0.25) is 0 Å². The van der Waals surface area contributed by atoms with E-state index in [1.807, 2.05) is 23.5 Å². The quantitative estimate of drug-likeness (QED) is 0.111. The molecule has 1 spiro atoms. The minimum absolute atomic E-state index is 0.0202. The summed E-state index contributed by atoms with van der Waals surface area (Å²) in [7, 11) is 0. The van der Waals surface area contributed by atoms with E-state index >= 15 is 0 Å². The maximum Gasteiger partial charge on any atom is 0.292 e. The average molecular weight is 1690 g/mol. The number of alkyl halides is 10. The standard InChI is InChI=1S/C11H10BrFS2.2C9H5Br2F3.C9H6BrF3.C9H4BrF3.C9H6BrFO/c12-7-5-9-8(10(13)6-7)1-2-11(9)14-3-4-15-11;10-4-1-6-5(7(12)2-4)3-8(11)9(6,13)14;10-4-1-5-8(7(12)2-4)6(11)3-9(5,13)14;2*10-5-3-7-6(8(11)4-5)1-2-9(7,12)13;10-5-3-7-6(8(11)4-5)1-2-9(7)12/h5-6H,1-4H2;1-2,8H,3H2;1-2,6H,3H2;3-4H,1-2H2;1-4H;3-4H,1-2H2. The third-order valence-electron chi connectivity index (χ3n) is 13.8. The van der Waals surface area contributed by atoms with Crippen LogP contribution in [0.15, 0.2) is 106 Å². The number of carbonyl (C=O) groups excluding carboxylic acids is 1. The third kappa shape index (κ3) is 14.2. The second-order valence-corrected chi connectivity index (χ2v) is 29.8. The van der Waals surface area contributed by atoms with Crippen LogP contribution in [0, 0.1) is 34.9 Å². The van der Waals surface area contributed by atoms with E-state index in [1.54, 1.807) is 12.1 Å². The Labute approximate surface area is 531 Å². The van der Waals surface area contributed by atoms with Gasteiger partial charge in [0.1, 0.15) is 34.9 Å². The summed E-state index contributed by atoms with van der Waals surface area (Å²) in [5.74, 6) is -12.0. The highest BCUT2D eigenvalue weighted by Crippen LogP contribution is 2.60. The van der Waals surface area contributed by atoms with Gasteiger partial charge in [0.05, 0.1) is 8.91 Å². The molecule has 6 aromatic rings. The molecule has 1 saturated heterocycles. The van der Waals surface area contributed by atoms with Gasteiger partial charge in [0, 0.05) is 101 Å². The fourth-order valence-electron chi connectivity index (χ4n) is 9.99. The van der Waals surface area contributed by atoms with Crippen molar-refractivity contribution >= 4 is 163 Å². The number of rotatable bonds is 0. The van der Waals surface area contributed by atoms with Crippen molar-refractivity contribution in [3.63, 3.8) is 0 Å². The van der Waals surface area contributed by atoms with E-state index in [0.717, 1.165) is 29.0 Å². The number of halogens is 22. The molecule has 6 aliphatic carbocycles. The predicted octanol–water partition coefficient (Wildman–Crippen LogP) is 22.7. The third-order valence-corrected chi connectivity index (χ3v) is 21.8. The fourth-order valence-corrected chi connectivity index (χ4v) is 17.3. The first kappa shape index (κ1) is 65.3. The first-order valence-electron chi connectivity index (χ1n) is 24.0. The summed E-state index contributed by atoms with van der Waals surface area (Å²) in [6.07, 6.45) is 4.29. The molecule has 0 radical (unpaired) electrons. The number of allylic oxidation sites excluding steroid dienone is 1. The van der Waals surface area contributed by atoms with Gasteiger partial charge in [-0.1, -0.05) is 127 Å². The largest absolute Gasteiger partial charge is 0.294 e. The first-order valence-corrected chi connectivity index (χ1v) is 32.5.